The lowest BCUT2D eigenvalue weighted by Gasteiger charge is -2.04. The second kappa shape index (κ2) is 4.97. The van der Waals surface area contributed by atoms with Gasteiger partial charge in [-0.3, -0.25) is 9.59 Å². The maximum atomic E-state index is 12.2. The third-order valence-electron chi connectivity index (χ3n) is 2.98. The topological polar surface area (TPSA) is 63.5 Å². The Morgan fingerprint density at radius 1 is 1.15 bits per heavy atom. The van der Waals surface area contributed by atoms with E-state index in [2.05, 4.69) is 10.4 Å². The summed E-state index contributed by atoms with van der Waals surface area (Å²) in [6, 6.07) is 12.2. The van der Waals surface area contributed by atoms with Crippen molar-refractivity contribution in [3.63, 3.8) is 0 Å². The van der Waals surface area contributed by atoms with Crippen molar-refractivity contribution in [3.8, 4) is 0 Å². The average Bonchev–Trinajstić information content (AvgIpc) is 2.92. The molecule has 0 aliphatic rings. The van der Waals surface area contributed by atoms with E-state index in [1.54, 1.807) is 35.0 Å². The van der Waals surface area contributed by atoms with Crippen molar-refractivity contribution in [1.82, 2.24) is 9.61 Å². The molecule has 0 unspecified atom stereocenters. The van der Waals surface area contributed by atoms with Gasteiger partial charge >= 0.3 is 0 Å². The van der Waals surface area contributed by atoms with Crippen molar-refractivity contribution in [2.24, 2.45) is 0 Å². The van der Waals surface area contributed by atoms with Gasteiger partial charge in [0, 0.05) is 17.4 Å². The molecular formula is C15H11N3O2. The molecule has 0 fully saturated rings. The molecule has 5 heteroatoms. The lowest BCUT2D eigenvalue weighted by Crippen LogP contribution is -2.11. The second-order valence-electron chi connectivity index (χ2n) is 4.28. The zero-order valence-electron chi connectivity index (χ0n) is 10.5. The maximum absolute atomic E-state index is 12.2. The summed E-state index contributed by atoms with van der Waals surface area (Å²) in [5.41, 5.74) is 2.45. The first-order chi connectivity index (χ1) is 9.78. The zero-order valence-corrected chi connectivity index (χ0v) is 10.5. The Kier molecular flexibility index (Phi) is 3.01. The van der Waals surface area contributed by atoms with Crippen LogP contribution in [0.1, 0.15) is 20.7 Å². The van der Waals surface area contributed by atoms with E-state index in [1.165, 1.54) is 6.20 Å². The van der Waals surface area contributed by atoms with Crippen LogP contribution in [0, 0.1) is 0 Å². The van der Waals surface area contributed by atoms with Gasteiger partial charge in [0.25, 0.3) is 5.91 Å². The normalized spacial score (nSPS) is 10.4. The van der Waals surface area contributed by atoms with Crippen molar-refractivity contribution in [2.45, 2.75) is 0 Å². The van der Waals surface area contributed by atoms with Crippen molar-refractivity contribution in [1.29, 1.82) is 0 Å². The maximum Gasteiger partial charge on any atom is 0.259 e. The number of hydrogen-bond donors (Lipinski definition) is 1. The number of benzene rings is 1. The van der Waals surface area contributed by atoms with Gasteiger partial charge in [0.2, 0.25) is 0 Å². The van der Waals surface area contributed by atoms with Gasteiger partial charge in [-0.15, -0.1) is 0 Å². The van der Waals surface area contributed by atoms with E-state index < -0.39 is 0 Å². The molecule has 3 aromatic rings. The fourth-order valence-corrected chi connectivity index (χ4v) is 1.95. The standard InChI is InChI=1S/C15H11N3O2/c19-10-11-4-6-12(7-5-11)17-15(20)13-9-16-18-8-2-1-3-14(13)18/h1-10H,(H,17,20). The molecule has 1 N–H and O–H groups in total. The van der Waals surface area contributed by atoms with Gasteiger partial charge < -0.3 is 5.32 Å². The van der Waals surface area contributed by atoms with Crippen LogP contribution >= 0.6 is 0 Å². The van der Waals surface area contributed by atoms with Crippen LogP contribution in [0.4, 0.5) is 5.69 Å². The molecule has 1 amide bonds. The number of amides is 1. The molecule has 2 aromatic heterocycles. The molecule has 0 atom stereocenters. The Morgan fingerprint density at radius 3 is 2.70 bits per heavy atom. The molecular weight excluding hydrogens is 254 g/mol. The minimum Gasteiger partial charge on any atom is -0.322 e. The number of hydrogen-bond acceptors (Lipinski definition) is 3. The van der Waals surface area contributed by atoms with Crippen molar-refractivity contribution >= 4 is 23.4 Å². The molecule has 0 bridgehead atoms. The average molecular weight is 265 g/mol. The Labute approximate surface area is 114 Å². The first-order valence-electron chi connectivity index (χ1n) is 6.07. The number of rotatable bonds is 3. The summed E-state index contributed by atoms with van der Waals surface area (Å²) >= 11 is 0. The Hall–Kier alpha value is -2.95. The van der Waals surface area contributed by atoms with Crippen molar-refractivity contribution in [3.05, 3.63) is 66.0 Å². The summed E-state index contributed by atoms with van der Waals surface area (Å²) in [6.07, 6.45) is 4.08. The first kappa shape index (κ1) is 12.1. The molecule has 0 saturated heterocycles. The second-order valence-corrected chi connectivity index (χ2v) is 4.28. The predicted octanol–water partition coefficient (Wildman–Crippen LogP) is 2.40. The van der Waals surface area contributed by atoms with E-state index in [0.717, 1.165) is 11.8 Å². The van der Waals surface area contributed by atoms with E-state index in [1.807, 2.05) is 18.2 Å². The van der Waals surface area contributed by atoms with E-state index in [0.29, 0.717) is 16.8 Å². The highest BCUT2D eigenvalue weighted by atomic mass is 16.1. The van der Waals surface area contributed by atoms with E-state index in [4.69, 9.17) is 0 Å². The number of anilines is 1. The van der Waals surface area contributed by atoms with Gasteiger partial charge in [-0.1, -0.05) is 6.07 Å². The molecule has 98 valence electrons. The minimum absolute atomic E-state index is 0.231. The minimum atomic E-state index is -0.231. The van der Waals surface area contributed by atoms with E-state index >= 15 is 0 Å². The summed E-state index contributed by atoms with van der Waals surface area (Å²) < 4.78 is 1.64. The number of carbonyl (C=O) groups is 2. The van der Waals surface area contributed by atoms with Crippen LogP contribution in [0.3, 0.4) is 0 Å². The molecule has 0 spiro atoms. The van der Waals surface area contributed by atoms with Crippen LogP contribution in [-0.2, 0) is 0 Å². The molecule has 1 aromatic carbocycles. The van der Waals surface area contributed by atoms with E-state index in [9.17, 15) is 9.59 Å². The van der Waals surface area contributed by atoms with Gasteiger partial charge in [-0.2, -0.15) is 5.10 Å². The van der Waals surface area contributed by atoms with Gasteiger partial charge in [-0.05, 0) is 36.4 Å². The quantitative estimate of drug-likeness (QED) is 0.739. The lowest BCUT2D eigenvalue weighted by molar-refractivity contribution is 0.102. The number of nitrogens with zero attached hydrogens (tertiary/aromatic N) is 2. The molecule has 20 heavy (non-hydrogen) atoms. The van der Waals surface area contributed by atoms with Crippen LogP contribution in [0.15, 0.2) is 54.9 Å². The Bertz CT molecular complexity index is 775. The summed E-state index contributed by atoms with van der Waals surface area (Å²) in [6.45, 7) is 0. The third-order valence-corrected chi connectivity index (χ3v) is 2.98. The van der Waals surface area contributed by atoms with Crippen LogP contribution in [0.5, 0.6) is 0 Å². The smallest absolute Gasteiger partial charge is 0.259 e. The highest BCUT2D eigenvalue weighted by molar-refractivity contribution is 6.08. The van der Waals surface area contributed by atoms with Crippen molar-refractivity contribution < 1.29 is 9.59 Å². The predicted molar refractivity (Wildman–Crippen MR) is 75.0 cm³/mol. The summed E-state index contributed by atoms with van der Waals surface area (Å²) in [5.74, 6) is -0.231. The first-order valence-corrected chi connectivity index (χ1v) is 6.07. The molecule has 2 heterocycles. The number of aromatic nitrogens is 2. The monoisotopic (exact) mass is 265 g/mol. The SMILES string of the molecule is O=Cc1ccc(NC(=O)c2cnn3ccccc23)cc1. The molecule has 0 aliphatic heterocycles. The third kappa shape index (κ3) is 2.16. The van der Waals surface area contributed by atoms with Crippen molar-refractivity contribution in [2.75, 3.05) is 5.32 Å². The lowest BCUT2D eigenvalue weighted by atomic mass is 10.2. The van der Waals surface area contributed by atoms with Gasteiger partial charge in [0.1, 0.15) is 6.29 Å². The van der Waals surface area contributed by atoms with Crippen LogP contribution in [-0.4, -0.2) is 21.8 Å². The van der Waals surface area contributed by atoms with Crippen LogP contribution in [0.25, 0.3) is 5.52 Å². The fraction of sp³-hybridized carbons (Fsp3) is 0. The number of nitrogens with one attached hydrogen (secondary N) is 1. The molecule has 0 radical (unpaired) electrons. The molecule has 0 saturated carbocycles. The Balaban J connectivity index is 1.87. The zero-order chi connectivity index (χ0) is 13.9. The summed E-state index contributed by atoms with van der Waals surface area (Å²) in [5, 5.41) is 6.90. The fourth-order valence-electron chi connectivity index (χ4n) is 1.95. The van der Waals surface area contributed by atoms with Gasteiger partial charge in [-0.25, -0.2) is 4.52 Å². The number of aldehydes is 1. The van der Waals surface area contributed by atoms with E-state index in [-0.39, 0.29) is 5.91 Å². The van der Waals surface area contributed by atoms with Gasteiger partial charge in [0.15, 0.2) is 0 Å². The molecule has 5 nitrogen and oxygen atoms in total. The highest BCUT2D eigenvalue weighted by Gasteiger charge is 2.12. The molecule has 3 rings (SSSR count). The van der Waals surface area contributed by atoms with Crippen LogP contribution in [0.2, 0.25) is 0 Å². The largest absolute Gasteiger partial charge is 0.322 e. The van der Waals surface area contributed by atoms with Gasteiger partial charge in [0.05, 0.1) is 17.3 Å². The number of carbonyl (C=O) groups excluding carboxylic acids is 2. The highest BCUT2D eigenvalue weighted by Crippen LogP contribution is 2.14. The number of fused-ring (bicyclic) bond motifs is 1. The number of pyridine rings is 1. The molecule has 0 aliphatic carbocycles. The summed E-state index contributed by atoms with van der Waals surface area (Å²) in [7, 11) is 0. The Morgan fingerprint density at radius 2 is 1.95 bits per heavy atom. The van der Waals surface area contributed by atoms with Crippen LogP contribution < -0.4 is 5.32 Å². The summed E-state index contributed by atoms with van der Waals surface area (Å²) in [4.78, 5) is 22.8.